The largest absolute Gasteiger partial charge is 0.441 e. The minimum atomic E-state index is -0.689. The number of aromatic nitrogens is 1. The maximum Gasteiger partial charge on any atom is 0.254 e. The highest BCUT2D eigenvalue weighted by molar-refractivity contribution is 5.99. The average molecular weight is 427 g/mol. The van der Waals surface area contributed by atoms with E-state index in [-0.39, 0.29) is 30.4 Å². The van der Waals surface area contributed by atoms with Crippen LogP contribution in [-0.2, 0) is 9.59 Å². The molecule has 3 amide bonds. The van der Waals surface area contributed by atoms with E-state index in [0.717, 1.165) is 24.8 Å². The van der Waals surface area contributed by atoms with Gasteiger partial charge in [0.1, 0.15) is 5.52 Å². The summed E-state index contributed by atoms with van der Waals surface area (Å²) in [7, 11) is 0. The maximum absolute atomic E-state index is 13.5. The van der Waals surface area contributed by atoms with E-state index in [9.17, 15) is 14.4 Å². The number of fused-ring (bicyclic) bond motifs is 3. The van der Waals surface area contributed by atoms with Crippen molar-refractivity contribution in [1.82, 2.24) is 15.2 Å². The molecule has 4 rings (SSSR count). The van der Waals surface area contributed by atoms with Gasteiger partial charge in [-0.1, -0.05) is 13.8 Å². The van der Waals surface area contributed by atoms with Crippen molar-refractivity contribution in [3.8, 4) is 0 Å². The van der Waals surface area contributed by atoms with Crippen LogP contribution < -0.4 is 11.1 Å². The molecule has 2 aliphatic rings. The standard InChI is InChI=1S/C23H30N4O4/c1-13(2)8-9-23(22(30)25-12-20(24)28)11-16-5-7-19(23)27(16)21(29)15-4-6-17-18(10-15)31-14(3)26-17/h4,6,10,13,16,19H,5,7-9,11-12H2,1-3H3,(H2,24,28)(H,25,30)/t16-,19+,23+/m1/s1. The van der Waals surface area contributed by atoms with Crippen LogP contribution in [0.25, 0.3) is 11.1 Å². The van der Waals surface area contributed by atoms with Crippen LogP contribution >= 0.6 is 0 Å². The Labute approximate surface area is 181 Å². The Bertz CT molecular complexity index is 1030. The molecule has 3 N–H and O–H groups in total. The first-order chi connectivity index (χ1) is 14.7. The van der Waals surface area contributed by atoms with Crippen LogP contribution in [0, 0.1) is 18.3 Å². The van der Waals surface area contributed by atoms with Crippen molar-refractivity contribution in [1.29, 1.82) is 0 Å². The zero-order valence-electron chi connectivity index (χ0n) is 18.3. The SMILES string of the molecule is Cc1nc2ccc(C(=O)N3[C@@H]4CC[C@H]3[C@@](CCC(C)C)(C(=O)NCC(N)=O)C4)cc2o1. The van der Waals surface area contributed by atoms with Crippen molar-refractivity contribution in [2.75, 3.05) is 6.54 Å². The smallest absolute Gasteiger partial charge is 0.254 e. The van der Waals surface area contributed by atoms with E-state index in [0.29, 0.717) is 35.8 Å². The third-order valence-electron chi connectivity index (χ3n) is 6.76. The van der Waals surface area contributed by atoms with Gasteiger partial charge in [0, 0.05) is 24.6 Å². The molecule has 0 unspecified atom stereocenters. The van der Waals surface area contributed by atoms with Crippen molar-refractivity contribution in [2.45, 2.75) is 65.0 Å². The van der Waals surface area contributed by atoms with Crippen LogP contribution in [0.1, 0.15) is 62.2 Å². The van der Waals surface area contributed by atoms with Gasteiger partial charge >= 0.3 is 0 Å². The molecule has 166 valence electrons. The lowest BCUT2D eigenvalue weighted by molar-refractivity contribution is -0.135. The molecule has 0 aliphatic carbocycles. The molecule has 2 aliphatic heterocycles. The summed E-state index contributed by atoms with van der Waals surface area (Å²) in [5.41, 5.74) is 6.40. The van der Waals surface area contributed by atoms with Crippen molar-refractivity contribution >= 4 is 28.8 Å². The fourth-order valence-corrected chi connectivity index (χ4v) is 5.33. The first kappa shape index (κ1) is 21.3. The maximum atomic E-state index is 13.5. The molecule has 0 saturated carbocycles. The lowest BCUT2D eigenvalue weighted by Gasteiger charge is -2.36. The highest BCUT2D eigenvalue weighted by atomic mass is 16.3. The van der Waals surface area contributed by atoms with E-state index in [1.54, 1.807) is 25.1 Å². The number of carbonyl (C=O) groups is 3. The molecule has 3 atom stereocenters. The first-order valence-electron chi connectivity index (χ1n) is 11.0. The zero-order chi connectivity index (χ0) is 22.3. The topological polar surface area (TPSA) is 119 Å². The molecule has 0 radical (unpaired) electrons. The monoisotopic (exact) mass is 426 g/mol. The molecule has 8 nitrogen and oxygen atoms in total. The van der Waals surface area contributed by atoms with Crippen LogP contribution in [0.2, 0.25) is 0 Å². The van der Waals surface area contributed by atoms with Crippen molar-refractivity contribution in [3.05, 3.63) is 29.7 Å². The molecule has 1 aromatic carbocycles. The molecule has 2 fully saturated rings. The molecular weight excluding hydrogens is 396 g/mol. The molecule has 0 spiro atoms. The first-order valence-corrected chi connectivity index (χ1v) is 11.0. The summed E-state index contributed by atoms with van der Waals surface area (Å²) in [4.78, 5) is 44.2. The third kappa shape index (κ3) is 3.79. The number of hydrogen-bond donors (Lipinski definition) is 2. The number of aryl methyl sites for hydroxylation is 1. The number of nitrogens with two attached hydrogens (primary N) is 1. The second-order valence-corrected chi connectivity index (χ2v) is 9.32. The summed E-state index contributed by atoms with van der Waals surface area (Å²) in [6.07, 6.45) is 3.83. The lowest BCUT2D eigenvalue weighted by Crippen LogP contribution is -2.51. The van der Waals surface area contributed by atoms with Crippen LogP contribution in [0.4, 0.5) is 0 Å². The molecule has 8 heteroatoms. The summed E-state index contributed by atoms with van der Waals surface area (Å²) in [6, 6.07) is 5.12. The fourth-order valence-electron chi connectivity index (χ4n) is 5.33. The number of oxazole rings is 1. The van der Waals surface area contributed by atoms with Gasteiger partial charge in [0.2, 0.25) is 11.8 Å². The van der Waals surface area contributed by atoms with Gasteiger partial charge in [-0.15, -0.1) is 0 Å². The molecule has 2 saturated heterocycles. The summed E-state index contributed by atoms with van der Waals surface area (Å²) >= 11 is 0. The number of rotatable bonds is 7. The molecule has 31 heavy (non-hydrogen) atoms. The van der Waals surface area contributed by atoms with E-state index in [2.05, 4.69) is 24.1 Å². The molecular formula is C23H30N4O4. The van der Waals surface area contributed by atoms with Gasteiger partial charge in [0.15, 0.2) is 11.5 Å². The summed E-state index contributed by atoms with van der Waals surface area (Å²) in [6.45, 7) is 5.84. The molecule has 1 aromatic heterocycles. The summed E-state index contributed by atoms with van der Waals surface area (Å²) in [5.74, 6) is 0.163. The quantitative estimate of drug-likeness (QED) is 0.705. The Hall–Kier alpha value is -2.90. The highest BCUT2D eigenvalue weighted by Gasteiger charge is 2.60. The van der Waals surface area contributed by atoms with Crippen molar-refractivity contribution in [2.24, 2.45) is 17.1 Å². The molecule has 2 aromatic rings. The Morgan fingerprint density at radius 3 is 2.81 bits per heavy atom. The second-order valence-electron chi connectivity index (χ2n) is 9.32. The van der Waals surface area contributed by atoms with Gasteiger partial charge in [0.05, 0.1) is 12.0 Å². The summed E-state index contributed by atoms with van der Waals surface area (Å²) < 4.78 is 5.60. The number of nitrogens with one attached hydrogen (secondary N) is 1. The van der Waals surface area contributed by atoms with Gasteiger partial charge < -0.3 is 20.4 Å². The van der Waals surface area contributed by atoms with Gasteiger partial charge in [0.25, 0.3) is 5.91 Å². The Balaban J connectivity index is 1.63. The van der Waals surface area contributed by atoms with Crippen LogP contribution in [0.15, 0.2) is 22.6 Å². The van der Waals surface area contributed by atoms with E-state index in [4.69, 9.17) is 10.2 Å². The molecule has 3 heterocycles. The number of primary amides is 1. The Morgan fingerprint density at radius 2 is 2.10 bits per heavy atom. The predicted molar refractivity (Wildman–Crippen MR) is 115 cm³/mol. The number of amides is 3. The van der Waals surface area contributed by atoms with Crippen molar-refractivity contribution < 1.29 is 18.8 Å². The van der Waals surface area contributed by atoms with E-state index in [1.165, 1.54) is 0 Å². The van der Waals surface area contributed by atoms with Gasteiger partial charge in [-0.05, 0) is 56.2 Å². The van der Waals surface area contributed by atoms with Crippen LogP contribution in [-0.4, -0.2) is 46.2 Å². The minimum Gasteiger partial charge on any atom is -0.441 e. The number of carbonyl (C=O) groups excluding carboxylic acids is 3. The van der Waals surface area contributed by atoms with Crippen LogP contribution in [0.3, 0.4) is 0 Å². The average Bonchev–Trinajstić information content (AvgIpc) is 3.39. The highest BCUT2D eigenvalue weighted by Crippen LogP contribution is 2.53. The zero-order valence-corrected chi connectivity index (χ0v) is 18.3. The van der Waals surface area contributed by atoms with E-state index < -0.39 is 11.3 Å². The number of hydrogen-bond acceptors (Lipinski definition) is 5. The lowest BCUT2D eigenvalue weighted by atomic mass is 9.69. The minimum absolute atomic E-state index is 0.0103. The Morgan fingerprint density at radius 1 is 1.32 bits per heavy atom. The van der Waals surface area contributed by atoms with Gasteiger partial charge in [-0.2, -0.15) is 0 Å². The number of nitrogens with zero attached hydrogens (tertiary/aromatic N) is 2. The Kier molecular flexibility index (Phi) is 5.49. The van der Waals surface area contributed by atoms with E-state index in [1.807, 2.05) is 4.90 Å². The molecule has 2 bridgehead atoms. The number of benzene rings is 1. The third-order valence-corrected chi connectivity index (χ3v) is 6.76. The van der Waals surface area contributed by atoms with Crippen LogP contribution in [0.5, 0.6) is 0 Å². The predicted octanol–water partition coefficient (Wildman–Crippen LogP) is 2.54. The van der Waals surface area contributed by atoms with E-state index >= 15 is 0 Å². The summed E-state index contributed by atoms with van der Waals surface area (Å²) in [5, 5.41) is 2.72. The fraction of sp³-hybridized carbons (Fsp3) is 0.565. The van der Waals surface area contributed by atoms with Gasteiger partial charge in [-0.3, -0.25) is 14.4 Å². The van der Waals surface area contributed by atoms with Crippen molar-refractivity contribution in [3.63, 3.8) is 0 Å². The normalized spacial score (nSPS) is 24.8. The van der Waals surface area contributed by atoms with Gasteiger partial charge in [-0.25, -0.2) is 4.98 Å². The second kappa shape index (κ2) is 7.98.